The van der Waals surface area contributed by atoms with Gasteiger partial charge in [-0.1, -0.05) is 13.3 Å². The van der Waals surface area contributed by atoms with E-state index in [1.807, 2.05) is 0 Å². The molecule has 0 unspecified atom stereocenters. The lowest BCUT2D eigenvalue weighted by molar-refractivity contribution is 0.1000. The third-order valence-corrected chi connectivity index (χ3v) is 2.15. The molecule has 0 atom stereocenters. The number of ketones is 1. The summed E-state index contributed by atoms with van der Waals surface area (Å²) < 4.78 is 1.59. The van der Waals surface area contributed by atoms with Crippen LogP contribution in [0.3, 0.4) is 0 Å². The van der Waals surface area contributed by atoms with Crippen LogP contribution in [0.2, 0.25) is 0 Å². The van der Waals surface area contributed by atoms with Crippen molar-refractivity contribution in [1.82, 2.24) is 9.78 Å². The molecule has 1 aromatic rings. The zero-order chi connectivity index (χ0) is 10.7. The molecule has 0 aromatic carbocycles. The van der Waals surface area contributed by atoms with Gasteiger partial charge in [-0.15, -0.1) is 0 Å². The van der Waals surface area contributed by atoms with Crippen LogP contribution in [0, 0.1) is 6.92 Å². The van der Waals surface area contributed by atoms with Crippen LogP contribution >= 0.6 is 0 Å². The van der Waals surface area contributed by atoms with E-state index in [9.17, 15) is 9.90 Å². The summed E-state index contributed by atoms with van der Waals surface area (Å²) in [7, 11) is 0. The summed E-state index contributed by atoms with van der Waals surface area (Å²) in [5.74, 6) is -0.118. The van der Waals surface area contributed by atoms with Crippen LogP contribution in [0.1, 0.15) is 42.9 Å². The van der Waals surface area contributed by atoms with Crippen molar-refractivity contribution >= 4 is 5.78 Å². The predicted octanol–water partition coefficient (Wildman–Crippen LogP) is 1.90. The standard InChI is InChI=1S/C10H16N2O2/c1-4-5-6-12-9(8(3)13)10(14)7(2)11-12/h14H,4-6H2,1-3H3. The van der Waals surface area contributed by atoms with E-state index < -0.39 is 0 Å². The number of rotatable bonds is 4. The van der Waals surface area contributed by atoms with E-state index in [0.29, 0.717) is 17.9 Å². The molecule has 0 aliphatic heterocycles. The monoisotopic (exact) mass is 196 g/mol. The topological polar surface area (TPSA) is 55.1 Å². The first-order valence-corrected chi connectivity index (χ1v) is 4.85. The van der Waals surface area contributed by atoms with Gasteiger partial charge in [0.25, 0.3) is 0 Å². The molecule has 0 saturated heterocycles. The van der Waals surface area contributed by atoms with Crippen molar-refractivity contribution < 1.29 is 9.90 Å². The number of hydrogen-bond acceptors (Lipinski definition) is 3. The smallest absolute Gasteiger partial charge is 0.181 e. The molecule has 0 fully saturated rings. The van der Waals surface area contributed by atoms with Gasteiger partial charge in [0.05, 0.1) is 0 Å². The molecule has 0 aliphatic carbocycles. The molecule has 0 saturated carbocycles. The number of unbranched alkanes of at least 4 members (excludes halogenated alkanes) is 1. The molecule has 78 valence electrons. The average Bonchev–Trinajstić information content (AvgIpc) is 2.39. The molecule has 1 aromatic heterocycles. The summed E-state index contributed by atoms with van der Waals surface area (Å²) in [4.78, 5) is 11.2. The lowest BCUT2D eigenvalue weighted by Gasteiger charge is -2.03. The first-order chi connectivity index (χ1) is 6.57. The molecule has 0 amide bonds. The van der Waals surface area contributed by atoms with Gasteiger partial charge in [-0.3, -0.25) is 9.48 Å². The van der Waals surface area contributed by atoms with Crippen molar-refractivity contribution in [1.29, 1.82) is 0 Å². The summed E-state index contributed by atoms with van der Waals surface area (Å²) in [6.07, 6.45) is 2.00. The third kappa shape index (κ3) is 1.95. The maximum Gasteiger partial charge on any atom is 0.181 e. The molecule has 1 heterocycles. The maximum absolute atomic E-state index is 11.2. The predicted molar refractivity (Wildman–Crippen MR) is 53.5 cm³/mol. The van der Waals surface area contributed by atoms with Crippen molar-refractivity contribution in [3.8, 4) is 5.75 Å². The Kier molecular flexibility index (Phi) is 3.28. The van der Waals surface area contributed by atoms with Crippen LogP contribution in [0.15, 0.2) is 0 Å². The fourth-order valence-electron chi connectivity index (χ4n) is 1.39. The quantitative estimate of drug-likeness (QED) is 0.748. The number of nitrogens with zero attached hydrogens (tertiary/aromatic N) is 2. The Morgan fingerprint density at radius 2 is 2.21 bits per heavy atom. The summed E-state index contributed by atoms with van der Waals surface area (Å²) in [5, 5.41) is 13.7. The minimum atomic E-state index is -0.140. The molecule has 0 radical (unpaired) electrons. The number of aromatic nitrogens is 2. The highest BCUT2D eigenvalue weighted by atomic mass is 16.3. The fourth-order valence-corrected chi connectivity index (χ4v) is 1.39. The largest absolute Gasteiger partial charge is 0.504 e. The summed E-state index contributed by atoms with van der Waals surface area (Å²) in [6, 6.07) is 0. The number of hydrogen-bond donors (Lipinski definition) is 1. The van der Waals surface area contributed by atoms with Gasteiger partial charge in [-0.2, -0.15) is 5.10 Å². The Balaban J connectivity index is 3.03. The Morgan fingerprint density at radius 3 is 2.71 bits per heavy atom. The summed E-state index contributed by atoms with van der Waals surface area (Å²) in [5.41, 5.74) is 0.849. The molecule has 1 rings (SSSR count). The van der Waals surface area contributed by atoms with Gasteiger partial charge in [-0.25, -0.2) is 0 Å². The van der Waals surface area contributed by atoms with Crippen LogP contribution in [-0.2, 0) is 6.54 Å². The fraction of sp³-hybridized carbons (Fsp3) is 0.600. The van der Waals surface area contributed by atoms with E-state index in [2.05, 4.69) is 12.0 Å². The molecular formula is C10H16N2O2. The molecule has 0 spiro atoms. The van der Waals surface area contributed by atoms with Crippen LogP contribution in [0.4, 0.5) is 0 Å². The molecule has 1 N–H and O–H groups in total. The van der Waals surface area contributed by atoms with Crippen LogP contribution < -0.4 is 0 Å². The van der Waals surface area contributed by atoms with Gasteiger partial charge in [0, 0.05) is 13.5 Å². The molecule has 4 heteroatoms. The number of Topliss-reactive ketones (excluding diaryl/α,β-unsaturated/α-hetero) is 1. The van der Waals surface area contributed by atoms with Gasteiger partial charge < -0.3 is 5.11 Å². The van der Waals surface area contributed by atoms with Gasteiger partial charge in [0.15, 0.2) is 11.5 Å². The zero-order valence-corrected chi connectivity index (χ0v) is 8.87. The third-order valence-electron chi connectivity index (χ3n) is 2.15. The Bertz CT molecular complexity index is 342. The summed E-state index contributed by atoms with van der Waals surface area (Å²) >= 11 is 0. The lowest BCUT2D eigenvalue weighted by Crippen LogP contribution is -2.08. The number of aryl methyl sites for hydroxylation is 2. The van der Waals surface area contributed by atoms with Gasteiger partial charge >= 0.3 is 0 Å². The van der Waals surface area contributed by atoms with Gasteiger partial charge in [0.2, 0.25) is 0 Å². The molecular weight excluding hydrogens is 180 g/mol. The van der Waals surface area contributed by atoms with E-state index in [1.54, 1.807) is 11.6 Å². The molecule has 14 heavy (non-hydrogen) atoms. The number of carbonyl (C=O) groups excluding carboxylic acids is 1. The molecule has 0 aliphatic rings. The van der Waals surface area contributed by atoms with E-state index in [4.69, 9.17) is 0 Å². The highest BCUT2D eigenvalue weighted by molar-refractivity contribution is 5.95. The van der Waals surface area contributed by atoms with Gasteiger partial charge in [0.1, 0.15) is 11.4 Å². The Morgan fingerprint density at radius 1 is 1.57 bits per heavy atom. The lowest BCUT2D eigenvalue weighted by atomic mass is 10.2. The second kappa shape index (κ2) is 4.26. The minimum absolute atomic E-state index is 0.0219. The van der Waals surface area contributed by atoms with Crippen molar-refractivity contribution in [2.24, 2.45) is 0 Å². The Labute approximate surface area is 83.5 Å². The van der Waals surface area contributed by atoms with Crippen molar-refractivity contribution in [3.63, 3.8) is 0 Å². The molecule has 0 bridgehead atoms. The SMILES string of the molecule is CCCCn1nc(C)c(O)c1C(C)=O. The van der Waals surface area contributed by atoms with Crippen LogP contribution in [0.5, 0.6) is 5.75 Å². The number of aromatic hydroxyl groups is 1. The number of carbonyl (C=O) groups is 1. The van der Waals surface area contributed by atoms with E-state index >= 15 is 0 Å². The van der Waals surface area contributed by atoms with E-state index in [0.717, 1.165) is 12.8 Å². The van der Waals surface area contributed by atoms with Gasteiger partial charge in [-0.05, 0) is 13.3 Å². The first kappa shape index (κ1) is 10.8. The zero-order valence-electron chi connectivity index (χ0n) is 8.87. The van der Waals surface area contributed by atoms with E-state index in [-0.39, 0.29) is 11.5 Å². The van der Waals surface area contributed by atoms with Crippen molar-refractivity contribution in [2.45, 2.75) is 40.2 Å². The van der Waals surface area contributed by atoms with Crippen molar-refractivity contribution in [3.05, 3.63) is 11.4 Å². The van der Waals surface area contributed by atoms with Crippen LogP contribution in [0.25, 0.3) is 0 Å². The van der Waals surface area contributed by atoms with Crippen LogP contribution in [-0.4, -0.2) is 20.7 Å². The second-order valence-electron chi connectivity index (χ2n) is 3.42. The summed E-state index contributed by atoms with van der Waals surface area (Å²) in [6.45, 7) is 5.90. The average molecular weight is 196 g/mol. The first-order valence-electron chi connectivity index (χ1n) is 4.85. The highest BCUT2D eigenvalue weighted by Gasteiger charge is 2.17. The maximum atomic E-state index is 11.2. The highest BCUT2D eigenvalue weighted by Crippen LogP contribution is 2.21. The normalized spacial score (nSPS) is 10.5. The Hall–Kier alpha value is -1.32. The molecule has 4 nitrogen and oxygen atoms in total. The minimum Gasteiger partial charge on any atom is -0.504 e. The second-order valence-corrected chi connectivity index (χ2v) is 3.42. The van der Waals surface area contributed by atoms with Crippen molar-refractivity contribution in [2.75, 3.05) is 0 Å². The van der Waals surface area contributed by atoms with E-state index in [1.165, 1.54) is 6.92 Å².